The molecule has 0 unspecified atom stereocenters. The van der Waals surface area contributed by atoms with E-state index >= 15 is 0 Å². The van der Waals surface area contributed by atoms with Crippen LogP contribution >= 0.6 is 23.5 Å². The summed E-state index contributed by atoms with van der Waals surface area (Å²) in [6, 6.07) is 18.4. The highest BCUT2D eigenvalue weighted by molar-refractivity contribution is 7.99. The van der Waals surface area contributed by atoms with Crippen molar-refractivity contribution in [1.82, 2.24) is 19.1 Å². The van der Waals surface area contributed by atoms with E-state index in [0.717, 1.165) is 0 Å². The molecule has 0 aliphatic carbocycles. The molecule has 0 N–H and O–H groups in total. The first kappa shape index (κ1) is 22.6. The number of nitrogens with zero attached hydrogens (tertiary/aromatic N) is 6. The Balaban J connectivity index is 1.67. The first-order valence-corrected chi connectivity index (χ1v) is 12.1. The van der Waals surface area contributed by atoms with E-state index in [1.54, 1.807) is 45.5 Å². The highest BCUT2D eigenvalue weighted by atomic mass is 32.2. The van der Waals surface area contributed by atoms with Crippen molar-refractivity contribution in [2.24, 2.45) is 0 Å². The summed E-state index contributed by atoms with van der Waals surface area (Å²) in [5, 5.41) is 19.9. The number of fused-ring (bicyclic) bond motifs is 2. The molecule has 164 valence electrons. The number of nitriles is 2. The predicted molar refractivity (Wildman–Crippen MR) is 129 cm³/mol. The van der Waals surface area contributed by atoms with Gasteiger partial charge in [0.1, 0.15) is 0 Å². The van der Waals surface area contributed by atoms with Gasteiger partial charge in [0.15, 0.2) is 10.3 Å². The fourth-order valence-electron chi connectivity index (χ4n) is 3.49. The van der Waals surface area contributed by atoms with Crippen molar-refractivity contribution >= 4 is 45.3 Å². The molecule has 0 radical (unpaired) electrons. The average molecular weight is 475 g/mol. The van der Waals surface area contributed by atoms with Crippen LogP contribution < -0.4 is 11.1 Å². The second-order valence-corrected chi connectivity index (χ2v) is 8.87. The van der Waals surface area contributed by atoms with E-state index < -0.39 is 0 Å². The third-order valence-electron chi connectivity index (χ3n) is 4.95. The van der Waals surface area contributed by atoms with Crippen LogP contribution in [0.5, 0.6) is 0 Å². The summed E-state index contributed by atoms with van der Waals surface area (Å²) < 4.78 is 3.12. The molecule has 2 aromatic carbocycles. The molecule has 0 atom stereocenters. The lowest BCUT2D eigenvalue weighted by Crippen LogP contribution is -2.27. The summed E-state index contributed by atoms with van der Waals surface area (Å²) in [6.45, 7) is 0.651. The van der Waals surface area contributed by atoms with Crippen molar-refractivity contribution in [1.29, 1.82) is 10.5 Å². The number of para-hydroxylation sites is 2. The van der Waals surface area contributed by atoms with Crippen LogP contribution in [-0.2, 0) is 13.1 Å². The number of aromatic nitrogens is 4. The van der Waals surface area contributed by atoms with E-state index in [1.807, 2.05) is 12.1 Å². The molecule has 8 nitrogen and oxygen atoms in total. The van der Waals surface area contributed by atoms with E-state index in [4.69, 9.17) is 10.5 Å². The summed E-state index contributed by atoms with van der Waals surface area (Å²) in [5.41, 5.74) is 0.821. The Labute approximate surface area is 197 Å². The van der Waals surface area contributed by atoms with E-state index in [1.165, 1.54) is 23.5 Å². The zero-order chi connectivity index (χ0) is 23.2. The molecule has 0 spiro atoms. The fraction of sp³-hybridized carbons (Fsp3) is 0.217. The Morgan fingerprint density at radius 2 is 1.15 bits per heavy atom. The second-order valence-electron chi connectivity index (χ2n) is 6.98. The highest BCUT2D eigenvalue weighted by Crippen LogP contribution is 2.20. The summed E-state index contributed by atoms with van der Waals surface area (Å²) in [6.07, 6.45) is 0.472. The summed E-state index contributed by atoms with van der Waals surface area (Å²) in [4.78, 5) is 35.4. The van der Waals surface area contributed by atoms with Gasteiger partial charge in [0.25, 0.3) is 11.1 Å². The molecule has 33 heavy (non-hydrogen) atoms. The maximum atomic E-state index is 13.1. The first-order chi connectivity index (χ1) is 16.1. The van der Waals surface area contributed by atoms with Gasteiger partial charge < -0.3 is 0 Å². The minimum Gasteiger partial charge on any atom is -0.287 e. The largest absolute Gasteiger partial charge is 0.287 e. The summed E-state index contributed by atoms with van der Waals surface area (Å²) in [7, 11) is 0. The minimum absolute atomic E-state index is 0.174. The average Bonchev–Trinajstić information content (AvgIpc) is 2.84. The quantitative estimate of drug-likeness (QED) is 0.282. The van der Waals surface area contributed by atoms with Gasteiger partial charge in [-0.3, -0.25) is 18.7 Å². The third-order valence-corrected chi connectivity index (χ3v) is 6.63. The van der Waals surface area contributed by atoms with Crippen molar-refractivity contribution in [2.45, 2.75) is 29.8 Å². The molecule has 4 aromatic rings. The van der Waals surface area contributed by atoms with Crippen molar-refractivity contribution in [3.63, 3.8) is 0 Å². The van der Waals surface area contributed by atoms with Gasteiger partial charge in [0.2, 0.25) is 0 Å². The van der Waals surface area contributed by atoms with Gasteiger partial charge in [-0.15, -0.1) is 0 Å². The Morgan fingerprint density at radius 3 is 1.58 bits per heavy atom. The molecule has 2 aromatic heterocycles. The standard InChI is InChI=1S/C23H18N6O2S2/c24-10-14-32-22-26-18-8-3-1-6-16(18)20(30)28(22)12-5-13-29-21(31)17-7-2-4-9-19(17)27-23(29)33-15-11-25/h1-4,6-9H,5,12-15H2. The molecule has 0 bridgehead atoms. The van der Waals surface area contributed by atoms with Gasteiger partial charge in [-0.05, 0) is 30.7 Å². The van der Waals surface area contributed by atoms with Gasteiger partial charge in [-0.25, -0.2) is 9.97 Å². The number of hydrogen-bond acceptors (Lipinski definition) is 8. The van der Waals surface area contributed by atoms with E-state index in [-0.39, 0.29) is 22.6 Å². The van der Waals surface area contributed by atoms with Gasteiger partial charge in [-0.2, -0.15) is 10.5 Å². The van der Waals surface area contributed by atoms with E-state index in [9.17, 15) is 9.59 Å². The molecule has 0 aliphatic heterocycles. The van der Waals surface area contributed by atoms with E-state index in [0.29, 0.717) is 51.6 Å². The molecule has 2 heterocycles. The van der Waals surface area contributed by atoms with Gasteiger partial charge in [0.05, 0.1) is 45.4 Å². The van der Waals surface area contributed by atoms with Crippen LogP contribution in [0.1, 0.15) is 6.42 Å². The molecule has 0 saturated heterocycles. The smallest absolute Gasteiger partial charge is 0.262 e. The van der Waals surface area contributed by atoms with Crippen LogP contribution in [0.4, 0.5) is 0 Å². The zero-order valence-electron chi connectivity index (χ0n) is 17.5. The van der Waals surface area contributed by atoms with Crippen LogP contribution in [0.15, 0.2) is 68.4 Å². The van der Waals surface area contributed by atoms with Gasteiger partial charge in [0, 0.05) is 13.1 Å². The first-order valence-electron chi connectivity index (χ1n) is 10.1. The van der Waals surface area contributed by atoms with Crippen LogP contribution in [0.3, 0.4) is 0 Å². The lowest BCUT2D eigenvalue weighted by atomic mass is 10.2. The molecule has 0 saturated carbocycles. The summed E-state index contributed by atoms with van der Waals surface area (Å²) >= 11 is 2.42. The molecular formula is C23H18N6O2S2. The van der Waals surface area contributed by atoms with Crippen molar-refractivity contribution in [3.8, 4) is 12.1 Å². The Morgan fingerprint density at radius 1 is 0.727 bits per heavy atom. The fourth-order valence-corrected chi connectivity index (χ4v) is 4.86. The number of hydrogen-bond donors (Lipinski definition) is 0. The Hall–Kier alpha value is -3.60. The maximum Gasteiger partial charge on any atom is 0.262 e. The van der Waals surface area contributed by atoms with E-state index in [2.05, 4.69) is 22.1 Å². The number of benzene rings is 2. The second kappa shape index (κ2) is 10.3. The van der Waals surface area contributed by atoms with Crippen molar-refractivity contribution in [2.75, 3.05) is 11.5 Å². The number of thioether (sulfide) groups is 2. The molecule has 0 amide bonds. The molecular weight excluding hydrogens is 456 g/mol. The highest BCUT2D eigenvalue weighted by Gasteiger charge is 2.14. The SMILES string of the molecule is N#CCSc1nc2ccccc2c(=O)n1CCCn1c(SCC#N)nc2ccccc2c1=O. The molecule has 10 heteroatoms. The van der Waals surface area contributed by atoms with Gasteiger partial charge >= 0.3 is 0 Å². The maximum absolute atomic E-state index is 13.1. The van der Waals surface area contributed by atoms with Crippen LogP contribution in [0, 0.1) is 22.7 Å². The van der Waals surface area contributed by atoms with Crippen molar-refractivity contribution < 1.29 is 0 Å². The molecule has 4 rings (SSSR count). The lowest BCUT2D eigenvalue weighted by Gasteiger charge is -2.15. The monoisotopic (exact) mass is 474 g/mol. The zero-order valence-corrected chi connectivity index (χ0v) is 19.1. The molecule has 0 aliphatic rings. The lowest BCUT2D eigenvalue weighted by molar-refractivity contribution is 0.489. The van der Waals surface area contributed by atoms with Crippen LogP contribution in [0.25, 0.3) is 21.8 Å². The Kier molecular flexibility index (Phi) is 7.08. The molecule has 0 fully saturated rings. The normalized spacial score (nSPS) is 10.8. The van der Waals surface area contributed by atoms with Crippen LogP contribution in [-0.4, -0.2) is 30.6 Å². The third kappa shape index (κ3) is 4.77. The van der Waals surface area contributed by atoms with Crippen LogP contribution in [0.2, 0.25) is 0 Å². The minimum atomic E-state index is -0.177. The number of rotatable bonds is 8. The topological polar surface area (TPSA) is 117 Å². The summed E-state index contributed by atoms with van der Waals surface area (Å²) in [5.74, 6) is 0.349. The Bertz CT molecular complexity index is 1420. The van der Waals surface area contributed by atoms with Gasteiger partial charge in [-0.1, -0.05) is 47.8 Å². The van der Waals surface area contributed by atoms with Crippen molar-refractivity contribution in [3.05, 3.63) is 69.2 Å². The predicted octanol–water partition coefficient (Wildman–Crippen LogP) is 3.43.